The molecule has 21 heavy (non-hydrogen) atoms. The van der Waals surface area contributed by atoms with Gasteiger partial charge >= 0.3 is 6.18 Å². The molecule has 5 heteroatoms. The third kappa shape index (κ3) is 4.56. The molecular formula is C16H17F3N2. The molecule has 2 nitrogen and oxygen atoms in total. The first-order chi connectivity index (χ1) is 9.97. The molecule has 0 aliphatic rings. The summed E-state index contributed by atoms with van der Waals surface area (Å²) < 4.78 is 37.5. The van der Waals surface area contributed by atoms with E-state index in [4.69, 9.17) is 0 Å². The average molecular weight is 294 g/mol. The lowest BCUT2D eigenvalue weighted by Crippen LogP contribution is -2.21. The Hall–Kier alpha value is -1.88. The van der Waals surface area contributed by atoms with Gasteiger partial charge in [0.15, 0.2) is 0 Å². The van der Waals surface area contributed by atoms with Gasteiger partial charge in [-0.25, -0.2) is 0 Å². The van der Waals surface area contributed by atoms with Gasteiger partial charge < -0.3 is 5.32 Å². The molecule has 0 amide bonds. The Bertz CT molecular complexity index is 550. The molecule has 2 rings (SSSR count). The smallest absolute Gasteiger partial charge is 0.310 e. The van der Waals surface area contributed by atoms with Crippen LogP contribution in [0.2, 0.25) is 0 Å². The highest BCUT2D eigenvalue weighted by molar-refractivity contribution is 5.26. The van der Waals surface area contributed by atoms with E-state index >= 15 is 0 Å². The minimum Gasteiger partial charge on any atom is -0.310 e. The molecule has 1 N–H and O–H groups in total. The van der Waals surface area contributed by atoms with Crippen molar-refractivity contribution < 1.29 is 13.2 Å². The summed E-state index contributed by atoms with van der Waals surface area (Å²) in [5.41, 5.74) is 1.35. The second-order valence-electron chi connectivity index (χ2n) is 4.91. The predicted octanol–water partition coefficient (Wildman–Crippen LogP) is 3.99. The number of hydrogen-bond donors (Lipinski definition) is 1. The second kappa shape index (κ2) is 6.72. The predicted molar refractivity (Wildman–Crippen MR) is 75.8 cm³/mol. The van der Waals surface area contributed by atoms with Crippen LogP contribution >= 0.6 is 0 Å². The molecule has 1 unspecified atom stereocenters. The number of aromatic nitrogens is 1. The van der Waals surface area contributed by atoms with Crippen molar-refractivity contribution in [2.24, 2.45) is 0 Å². The number of rotatable bonds is 5. The van der Waals surface area contributed by atoms with E-state index in [1.165, 1.54) is 12.1 Å². The van der Waals surface area contributed by atoms with Crippen molar-refractivity contribution in [1.82, 2.24) is 10.3 Å². The number of alkyl halides is 3. The van der Waals surface area contributed by atoms with E-state index in [-0.39, 0.29) is 6.04 Å². The zero-order chi connectivity index (χ0) is 15.3. The van der Waals surface area contributed by atoms with Gasteiger partial charge in [0.05, 0.1) is 5.56 Å². The van der Waals surface area contributed by atoms with Crippen LogP contribution in [0, 0.1) is 0 Å². The SMILES string of the molecule is CC(NCCc1cccnc1)c1ccc(C(F)(F)F)cc1. The number of benzene rings is 1. The largest absolute Gasteiger partial charge is 0.416 e. The molecule has 112 valence electrons. The molecule has 1 heterocycles. The van der Waals surface area contributed by atoms with Crippen molar-refractivity contribution >= 4 is 0 Å². The van der Waals surface area contributed by atoms with Gasteiger partial charge in [0, 0.05) is 18.4 Å². The number of pyridine rings is 1. The molecule has 0 bridgehead atoms. The molecule has 0 fully saturated rings. The molecule has 1 aromatic heterocycles. The van der Waals surface area contributed by atoms with E-state index in [2.05, 4.69) is 10.3 Å². The number of hydrogen-bond acceptors (Lipinski definition) is 2. The molecule has 1 atom stereocenters. The van der Waals surface area contributed by atoms with Crippen molar-refractivity contribution in [2.45, 2.75) is 25.6 Å². The number of halogens is 3. The lowest BCUT2D eigenvalue weighted by Gasteiger charge is -2.15. The lowest BCUT2D eigenvalue weighted by molar-refractivity contribution is -0.137. The van der Waals surface area contributed by atoms with E-state index in [1.54, 1.807) is 6.20 Å². The maximum Gasteiger partial charge on any atom is 0.416 e. The number of nitrogens with one attached hydrogen (secondary N) is 1. The molecule has 0 aliphatic carbocycles. The Morgan fingerprint density at radius 2 is 1.86 bits per heavy atom. The molecule has 0 radical (unpaired) electrons. The Morgan fingerprint density at radius 3 is 2.43 bits per heavy atom. The molecular weight excluding hydrogens is 277 g/mol. The van der Waals surface area contributed by atoms with Crippen LogP contribution in [0.3, 0.4) is 0 Å². The van der Waals surface area contributed by atoms with Crippen molar-refractivity contribution in [3.8, 4) is 0 Å². The minimum atomic E-state index is -4.28. The van der Waals surface area contributed by atoms with Crippen molar-refractivity contribution in [1.29, 1.82) is 0 Å². The van der Waals surface area contributed by atoms with Gasteiger partial charge in [-0.2, -0.15) is 13.2 Å². The maximum atomic E-state index is 12.5. The molecule has 2 aromatic rings. The molecule has 0 aliphatic heterocycles. The van der Waals surface area contributed by atoms with Crippen LogP contribution in [0.4, 0.5) is 13.2 Å². The maximum absolute atomic E-state index is 12.5. The molecule has 1 aromatic carbocycles. The van der Waals surface area contributed by atoms with Gasteiger partial charge in [-0.15, -0.1) is 0 Å². The summed E-state index contributed by atoms with van der Waals surface area (Å²) in [6, 6.07) is 9.16. The van der Waals surface area contributed by atoms with Gasteiger partial charge in [0.1, 0.15) is 0 Å². The van der Waals surface area contributed by atoms with Crippen LogP contribution in [0.25, 0.3) is 0 Å². The van der Waals surface area contributed by atoms with Crippen molar-refractivity contribution in [2.75, 3.05) is 6.54 Å². The van der Waals surface area contributed by atoms with E-state index < -0.39 is 11.7 Å². The van der Waals surface area contributed by atoms with Crippen LogP contribution in [0.15, 0.2) is 48.8 Å². The van der Waals surface area contributed by atoms with E-state index in [0.29, 0.717) is 0 Å². The second-order valence-corrected chi connectivity index (χ2v) is 4.91. The lowest BCUT2D eigenvalue weighted by atomic mass is 10.1. The Morgan fingerprint density at radius 1 is 1.14 bits per heavy atom. The summed E-state index contributed by atoms with van der Waals surface area (Å²) in [5, 5.41) is 3.30. The molecule has 0 saturated carbocycles. The van der Waals surface area contributed by atoms with Gasteiger partial charge in [0.25, 0.3) is 0 Å². The topological polar surface area (TPSA) is 24.9 Å². The van der Waals surface area contributed by atoms with Crippen LogP contribution in [-0.2, 0) is 12.6 Å². The Balaban J connectivity index is 1.87. The first-order valence-corrected chi connectivity index (χ1v) is 6.76. The van der Waals surface area contributed by atoms with Crippen LogP contribution in [0.5, 0.6) is 0 Å². The third-order valence-electron chi connectivity index (χ3n) is 3.33. The highest BCUT2D eigenvalue weighted by atomic mass is 19.4. The first-order valence-electron chi connectivity index (χ1n) is 6.76. The van der Waals surface area contributed by atoms with Crippen LogP contribution in [-0.4, -0.2) is 11.5 Å². The zero-order valence-electron chi connectivity index (χ0n) is 11.7. The Kier molecular flexibility index (Phi) is 4.96. The van der Waals surface area contributed by atoms with Gasteiger partial charge in [-0.3, -0.25) is 4.98 Å². The quantitative estimate of drug-likeness (QED) is 0.901. The normalized spacial score (nSPS) is 13.1. The minimum absolute atomic E-state index is 0.00366. The zero-order valence-corrected chi connectivity index (χ0v) is 11.7. The molecule has 0 spiro atoms. The summed E-state index contributed by atoms with van der Waals surface area (Å²) in [4.78, 5) is 4.04. The summed E-state index contributed by atoms with van der Waals surface area (Å²) in [6.07, 6.45) is 0.0839. The first kappa shape index (κ1) is 15.5. The highest BCUT2D eigenvalue weighted by Crippen LogP contribution is 2.29. The Labute approximate surface area is 122 Å². The van der Waals surface area contributed by atoms with Crippen molar-refractivity contribution in [3.63, 3.8) is 0 Å². The van der Waals surface area contributed by atoms with Gasteiger partial charge in [-0.05, 0) is 49.2 Å². The number of nitrogens with zero attached hydrogens (tertiary/aromatic N) is 1. The van der Waals surface area contributed by atoms with E-state index in [9.17, 15) is 13.2 Å². The van der Waals surface area contributed by atoms with E-state index in [0.717, 1.165) is 36.2 Å². The summed E-state index contributed by atoms with van der Waals surface area (Å²) in [7, 11) is 0. The van der Waals surface area contributed by atoms with Gasteiger partial charge in [0.2, 0.25) is 0 Å². The summed E-state index contributed by atoms with van der Waals surface area (Å²) >= 11 is 0. The van der Waals surface area contributed by atoms with Crippen LogP contribution in [0.1, 0.15) is 29.7 Å². The van der Waals surface area contributed by atoms with Crippen LogP contribution < -0.4 is 5.32 Å². The summed E-state index contributed by atoms with van der Waals surface area (Å²) in [5.74, 6) is 0. The fraction of sp³-hybridized carbons (Fsp3) is 0.312. The fourth-order valence-corrected chi connectivity index (χ4v) is 2.06. The standard InChI is InChI=1S/C16H17F3N2/c1-12(21-10-8-13-3-2-9-20-11-13)14-4-6-15(7-5-14)16(17,18)19/h2-7,9,11-12,21H,8,10H2,1H3. The van der Waals surface area contributed by atoms with Gasteiger partial charge in [-0.1, -0.05) is 18.2 Å². The molecule has 0 saturated heterocycles. The monoisotopic (exact) mass is 294 g/mol. The average Bonchev–Trinajstić information content (AvgIpc) is 2.47. The summed E-state index contributed by atoms with van der Waals surface area (Å²) in [6.45, 7) is 2.68. The third-order valence-corrected chi connectivity index (χ3v) is 3.33. The highest BCUT2D eigenvalue weighted by Gasteiger charge is 2.30. The van der Waals surface area contributed by atoms with E-state index in [1.807, 2.05) is 25.3 Å². The fourth-order valence-electron chi connectivity index (χ4n) is 2.06. The van der Waals surface area contributed by atoms with Crippen molar-refractivity contribution in [3.05, 3.63) is 65.5 Å².